The van der Waals surface area contributed by atoms with E-state index in [2.05, 4.69) is 44.4 Å². The quantitative estimate of drug-likeness (QED) is 0.572. The summed E-state index contributed by atoms with van der Waals surface area (Å²) in [6.07, 6.45) is 9.45. The van der Waals surface area contributed by atoms with Gasteiger partial charge in [0.05, 0.1) is 11.3 Å². The lowest BCUT2D eigenvalue weighted by Crippen LogP contribution is -2.51. The Kier molecular flexibility index (Phi) is 4.84. The van der Waals surface area contributed by atoms with Gasteiger partial charge in [-0.15, -0.1) is 0 Å². The Hall–Kier alpha value is -2.10. The second-order valence-electron chi connectivity index (χ2n) is 11.8. The Morgan fingerprint density at radius 1 is 0.871 bits per heavy atom. The SMILES string of the molecule is CC(C)=CC1C(C(=O)Nc2ccc(NC(=O)C34CC5CC(CC(C5)C3)C4)cc2)C1(C)C. The third-order valence-electron chi connectivity index (χ3n) is 8.64. The molecule has 0 aromatic heterocycles. The number of carbonyl (C=O) groups is 2. The van der Waals surface area contributed by atoms with E-state index < -0.39 is 0 Å². The zero-order valence-corrected chi connectivity index (χ0v) is 19.3. The molecular formula is C27H36N2O2. The number of allylic oxidation sites excluding steroid dienone is 2. The molecule has 5 saturated carbocycles. The highest BCUT2D eigenvalue weighted by Gasteiger charge is 2.60. The van der Waals surface area contributed by atoms with E-state index in [9.17, 15) is 9.59 Å². The number of nitrogens with one attached hydrogen (secondary N) is 2. The minimum absolute atomic E-state index is 0.00707. The van der Waals surface area contributed by atoms with Crippen molar-refractivity contribution in [2.75, 3.05) is 10.6 Å². The van der Waals surface area contributed by atoms with Crippen molar-refractivity contribution in [1.82, 2.24) is 0 Å². The highest BCUT2D eigenvalue weighted by Crippen LogP contribution is 2.61. The molecule has 2 atom stereocenters. The maximum Gasteiger partial charge on any atom is 0.230 e. The monoisotopic (exact) mass is 420 g/mol. The fraction of sp³-hybridized carbons (Fsp3) is 0.630. The minimum Gasteiger partial charge on any atom is -0.326 e. The van der Waals surface area contributed by atoms with Gasteiger partial charge < -0.3 is 10.6 Å². The molecule has 0 saturated heterocycles. The number of benzene rings is 1. The molecule has 2 unspecified atom stereocenters. The molecule has 0 spiro atoms. The fourth-order valence-corrected chi connectivity index (χ4v) is 7.36. The van der Waals surface area contributed by atoms with E-state index in [1.165, 1.54) is 24.8 Å². The van der Waals surface area contributed by atoms with Gasteiger partial charge in [-0.05, 0) is 106 Å². The van der Waals surface area contributed by atoms with Crippen LogP contribution in [0.3, 0.4) is 0 Å². The fourth-order valence-electron chi connectivity index (χ4n) is 7.36. The third kappa shape index (κ3) is 3.72. The molecule has 0 heterocycles. The van der Waals surface area contributed by atoms with Crippen LogP contribution in [0.25, 0.3) is 0 Å². The van der Waals surface area contributed by atoms with Gasteiger partial charge in [-0.1, -0.05) is 25.5 Å². The van der Waals surface area contributed by atoms with Gasteiger partial charge in [0.25, 0.3) is 0 Å². The van der Waals surface area contributed by atoms with Crippen molar-refractivity contribution < 1.29 is 9.59 Å². The van der Waals surface area contributed by atoms with Gasteiger partial charge in [0.1, 0.15) is 0 Å². The Bertz CT molecular complexity index is 888. The topological polar surface area (TPSA) is 58.2 Å². The zero-order chi connectivity index (χ0) is 22.0. The van der Waals surface area contributed by atoms with Crippen LogP contribution in [0, 0.1) is 40.4 Å². The van der Waals surface area contributed by atoms with Crippen molar-refractivity contribution >= 4 is 23.2 Å². The van der Waals surface area contributed by atoms with E-state index in [0.29, 0.717) is 5.92 Å². The normalized spacial score (nSPS) is 36.6. The summed E-state index contributed by atoms with van der Waals surface area (Å²) in [5, 5.41) is 6.27. The molecule has 5 aliphatic rings. The summed E-state index contributed by atoms with van der Waals surface area (Å²) in [6, 6.07) is 7.64. The molecule has 4 nitrogen and oxygen atoms in total. The number of hydrogen-bond donors (Lipinski definition) is 2. The van der Waals surface area contributed by atoms with Gasteiger partial charge in [-0.25, -0.2) is 0 Å². The molecule has 166 valence electrons. The van der Waals surface area contributed by atoms with E-state index in [1.807, 2.05) is 24.3 Å². The second kappa shape index (κ2) is 7.21. The Morgan fingerprint density at radius 2 is 1.35 bits per heavy atom. The molecule has 31 heavy (non-hydrogen) atoms. The molecule has 4 heteroatoms. The molecule has 1 aromatic carbocycles. The van der Waals surface area contributed by atoms with Gasteiger partial charge in [0.2, 0.25) is 11.8 Å². The van der Waals surface area contributed by atoms with E-state index in [1.54, 1.807) is 0 Å². The summed E-state index contributed by atoms with van der Waals surface area (Å²) in [5.74, 6) is 2.89. The lowest BCUT2D eigenvalue weighted by atomic mass is 9.49. The highest BCUT2D eigenvalue weighted by atomic mass is 16.2. The first-order chi connectivity index (χ1) is 14.7. The van der Waals surface area contributed by atoms with Crippen molar-refractivity contribution in [2.24, 2.45) is 40.4 Å². The van der Waals surface area contributed by atoms with Crippen molar-refractivity contribution in [3.05, 3.63) is 35.9 Å². The van der Waals surface area contributed by atoms with Crippen LogP contribution >= 0.6 is 0 Å². The van der Waals surface area contributed by atoms with Crippen LogP contribution in [-0.4, -0.2) is 11.8 Å². The van der Waals surface area contributed by atoms with E-state index in [-0.39, 0.29) is 28.6 Å². The predicted molar refractivity (Wildman–Crippen MR) is 124 cm³/mol. The number of hydrogen-bond acceptors (Lipinski definition) is 2. The average molecular weight is 421 g/mol. The summed E-state index contributed by atoms with van der Waals surface area (Å²) >= 11 is 0. The molecule has 5 aliphatic carbocycles. The molecule has 4 bridgehead atoms. The number of anilines is 2. The molecule has 2 N–H and O–H groups in total. The summed E-state index contributed by atoms with van der Waals surface area (Å²) in [5.41, 5.74) is 2.74. The summed E-state index contributed by atoms with van der Waals surface area (Å²) in [7, 11) is 0. The summed E-state index contributed by atoms with van der Waals surface area (Å²) in [6.45, 7) is 8.48. The van der Waals surface area contributed by atoms with Crippen molar-refractivity contribution in [3.8, 4) is 0 Å². The van der Waals surface area contributed by atoms with Crippen LogP contribution in [0.15, 0.2) is 35.9 Å². The molecule has 0 aliphatic heterocycles. The highest BCUT2D eigenvalue weighted by molar-refractivity contribution is 5.97. The van der Waals surface area contributed by atoms with Crippen molar-refractivity contribution in [1.29, 1.82) is 0 Å². The first kappa shape index (κ1) is 20.8. The average Bonchev–Trinajstić information content (AvgIpc) is 3.21. The summed E-state index contributed by atoms with van der Waals surface area (Å²) < 4.78 is 0. The van der Waals surface area contributed by atoms with Gasteiger partial charge >= 0.3 is 0 Å². The third-order valence-corrected chi connectivity index (χ3v) is 8.64. The van der Waals surface area contributed by atoms with Crippen LogP contribution in [0.2, 0.25) is 0 Å². The van der Waals surface area contributed by atoms with Crippen molar-refractivity contribution in [2.45, 2.75) is 66.2 Å². The zero-order valence-electron chi connectivity index (χ0n) is 19.3. The number of rotatable bonds is 5. The van der Waals surface area contributed by atoms with Crippen LogP contribution < -0.4 is 10.6 Å². The standard InChI is InChI=1S/C27H36N2O2/c1-16(2)9-22-23(26(22,3)4)24(30)28-20-5-7-21(8-6-20)29-25(31)27-13-17-10-18(14-27)12-19(11-17)15-27/h5-9,17-19,22-23H,10-15H2,1-4H3,(H,28,30)(H,29,31). The lowest BCUT2D eigenvalue weighted by Gasteiger charge is -2.55. The van der Waals surface area contributed by atoms with Crippen LogP contribution in [0.5, 0.6) is 0 Å². The van der Waals surface area contributed by atoms with E-state index in [0.717, 1.165) is 48.4 Å². The first-order valence-corrected chi connectivity index (χ1v) is 12.0. The number of amides is 2. The lowest BCUT2D eigenvalue weighted by molar-refractivity contribution is -0.140. The van der Waals surface area contributed by atoms with Gasteiger partial charge in [-0.3, -0.25) is 9.59 Å². The molecule has 5 fully saturated rings. The molecule has 0 radical (unpaired) electrons. The van der Waals surface area contributed by atoms with Crippen LogP contribution in [0.4, 0.5) is 11.4 Å². The summed E-state index contributed by atoms with van der Waals surface area (Å²) in [4.78, 5) is 26.0. The van der Waals surface area contributed by atoms with E-state index >= 15 is 0 Å². The Balaban J connectivity index is 1.21. The van der Waals surface area contributed by atoms with Gasteiger partial charge in [0, 0.05) is 11.4 Å². The minimum atomic E-state index is -0.140. The molecule has 2 amide bonds. The smallest absolute Gasteiger partial charge is 0.230 e. The molecular weight excluding hydrogens is 384 g/mol. The van der Waals surface area contributed by atoms with Crippen LogP contribution in [0.1, 0.15) is 66.2 Å². The van der Waals surface area contributed by atoms with Crippen molar-refractivity contribution in [3.63, 3.8) is 0 Å². The Labute approximate surface area is 186 Å². The maximum atomic E-state index is 13.2. The second-order valence-corrected chi connectivity index (χ2v) is 11.8. The predicted octanol–water partition coefficient (Wildman–Crippen LogP) is 6.02. The maximum absolute atomic E-state index is 13.2. The first-order valence-electron chi connectivity index (χ1n) is 12.0. The number of carbonyl (C=O) groups excluding carboxylic acids is 2. The largest absolute Gasteiger partial charge is 0.326 e. The van der Waals surface area contributed by atoms with Gasteiger partial charge in [0.15, 0.2) is 0 Å². The van der Waals surface area contributed by atoms with Gasteiger partial charge in [-0.2, -0.15) is 0 Å². The van der Waals surface area contributed by atoms with Crippen LogP contribution in [-0.2, 0) is 9.59 Å². The van der Waals surface area contributed by atoms with E-state index in [4.69, 9.17) is 0 Å². The Morgan fingerprint density at radius 3 is 1.84 bits per heavy atom. The molecule has 1 aromatic rings. The molecule has 6 rings (SSSR count).